The zero-order valence-electron chi connectivity index (χ0n) is 9.44. The van der Waals surface area contributed by atoms with Crippen LogP contribution in [0, 0.1) is 11.3 Å². The Morgan fingerprint density at radius 3 is 2.53 bits per heavy atom. The molecule has 0 fully saturated rings. The third-order valence-corrected chi connectivity index (χ3v) is 2.29. The first-order chi connectivity index (χ1) is 8.90. The van der Waals surface area contributed by atoms with Crippen molar-refractivity contribution in [2.75, 3.05) is 5.73 Å². The number of benzene rings is 1. The quantitative estimate of drug-likeness (QED) is 0.859. The maximum Gasteiger partial charge on any atom is 0.451 e. The summed E-state index contributed by atoms with van der Waals surface area (Å²) in [6.45, 7) is 0. The van der Waals surface area contributed by atoms with Gasteiger partial charge in [0.2, 0.25) is 5.82 Å². The van der Waals surface area contributed by atoms with E-state index in [1.807, 2.05) is 6.07 Å². The van der Waals surface area contributed by atoms with Crippen LogP contribution in [0.3, 0.4) is 0 Å². The van der Waals surface area contributed by atoms with E-state index in [1.54, 1.807) is 18.2 Å². The summed E-state index contributed by atoms with van der Waals surface area (Å²) in [4.78, 5) is 6.57. The standard InChI is InChI=1S/C12H7F3N4/c13-12(14,15)11-18-9(5-10(17)19-11)8-3-1-2-7(4-8)6-16/h1-5H,(H2,17,18,19). The summed E-state index contributed by atoms with van der Waals surface area (Å²) in [6.07, 6.45) is -4.67. The Labute approximate surface area is 106 Å². The molecule has 96 valence electrons. The first kappa shape index (κ1) is 12.8. The smallest absolute Gasteiger partial charge is 0.384 e. The zero-order chi connectivity index (χ0) is 14.0. The fourth-order valence-electron chi connectivity index (χ4n) is 1.49. The van der Waals surface area contributed by atoms with Gasteiger partial charge in [0.1, 0.15) is 5.82 Å². The lowest BCUT2D eigenvalue weighted by molar-refractivity contribution is -0.144. The van der Waals surface area contributed by atoms with Crippen LogP contribution in [0.1, 0.15) is 11.4 Å². The van der Waals surface area contributed by atoms with Crippen molar-refractivity contribution in [1.29, 1.82) is 5.26 Å². The van der Waals surface area contributed by atoms with E-state index in [-0.39, 0.29) is 11.5 Å². The van der Waals surface area contributed by atoms with E-state index in [9.17, 15) is 13.2 Å². The highest BCUT2D eigenvalue weighted by Crippen LogP contribution is 2.29. The molecule has 4 nitrogen and oxygen atoms in total. The Bertz CT molecular complexity index is 659. The van der Waals surface area contributed by atoms with Crippen LogP contribution in [-0.4, -0.2) is 9.97 Å². The lowest BCUT2D eigenvalue weighted by Crippen LogP contribution is -2.13. The summed E-state index contributed by atoms with van der Waals surface area (Å²) < 4.78 is 37.7. The Morgan fingerprint density at radius 2 is 1.89 bits per heavy atom. The van der Waals surface area contributed by atoms with E-state index in [4.69, 9.17) is 11.0 Å². The van der Waals surface area contributed by atoms with E-state index in [0.717, 1.165) is 0 Å². The SMILES string of the molecule is N#Cc1cccc(-c2cc(N)nc(C(F)(F)F)n2)c1. The van der Waals surface area contributed by atoms with Gasteiger partial charge in [0.15, 0.2) is 0 Å². The van der Waals surface area contributed by atoms with Crippen LogP contribution >= 0.6 is 0 Å². The lowest BCUT2D eigenvalue weighted by Gasteiger charge is -2.08. The number of nitrogen functional groups attached to an aromatic ring is 1. The molecule has 1 aromatic carbocycles. The van der Waals surface area contributed by atoms with E-state index in [0.29, 0.717) is 11.1 Å². The fraction of sp³-hybridized carbons (Fsp3) is 0.0833. The average molecular weight is 264 g/mol. The van der Waals surface area contributed by atoms with Crippen molar-refractivity contribution in [1.82, 2.24) is 9.97 Å². The number of rotatable bonds is 1. The van der Waals surface area contributed by atoms with Crippen LogP contribution in [0.2, 0.25) is 0 Å². The number of aromatic nitrogens is 2. The summed E-state index contributed by atoms with van der Waals surface area (Å²) >= 11 is 0. The Kier molecular flexibility index (Phi) is 3.09. The van der Waals surface area contributed by atoms with Crippen molar-refractivity contribution in [3.05, 3.63) is 41.7 Å². The molecule has 0 saturated carbocycles. The normalized spacial score (nSPS) is 11.1. The molecule has 1 heterocycles. The average Bonchev–Trinajstić information content (AvgIpc) is 2.37. The first-order valence-corrected chi connectivity index (χ1v) is 5.12. The minimum Gasteiger partial charge on any atom is -0.384 e. The van der Waals surface area contributed by atoms with Gasteiger partial charge in [-0.3, -0.25) is 0 Å². The molecule has 0 aliphatic carbocycles. The van der Waals surface area contributed by atoms with Crippen LogP contribution in [0.25, 0.3) is 11.3 Å². The van der Waals surface area contributed by atoms with Crippen molar-refractivity contribution in [3.63, 3.8) is 0 Å². The number of halogens is 3. The van der Waals surface area contributed by atoms with Crippen molar-refractivity contribution >= 4 is 5.82 Å². The highest BCUT2D eigenvalue weighted by molar-refractivity contribution is 5.63. The second-order valence-corrected chi connectivity index (χ2v) is 3.69. The molecular weight excluding hydrogens is 257 g/mol. The van der Waals surface area contributed by atoms with Crippen molar-refractivity contribution in [3.8, 4) is 17.3 Å². The predicted molar refractivity (Wildman–Crippen MR) is 61.6 cm³/mol. The summed E-state index contributed by atoms with van der Waals surface area (Å²) in [5.41, 5.74) is 6.07. The summed E-state index contributed by atoms with van der Waals surface area (Å²) in [7, 11) is 0. The van der Waals surface area contributed by atoms with Gasteiger partial charge >= 0.3 is 6.18 Å². The van der Waals surface area contributed by atoms with Gasteiger partial charge in [-0.25, -0.2) is 9.97 Å². The summed E-state index contributed by atoms with van der Waals surface area (Å²) in [5.74, 6) is -1.58. The maximum absolute atomic E-state index is 12.6. The third kappa shape index (κ3) is 2.80. The largest absolute Gasteiger partial charge is 0.451 e. The fourth-order valence-corrected chi connectivity index (χ4v) is 1.49. The second-order valence-electron chi connectivity index (χ2n) is 3.69. The number of nitriles is 1. The molecule has 0 amide bonds. The summed E-state index contributed by atoms with van der Waals surface area (Å²) in [6, 6.07) is 9.20. The molecule has 1 aromatic heterocycles. The number of alkyl halides is 3. The van der Waals surface area contributed by atoms with Gasteiger partial charge in [0.25, 0.3) is 0 Å². The van der Waals surface area contributed by atoms with Gasteiger partial charge in [0, 0.05) is 11.6 Å². The minimum absolute atomic E-state index is 0.0249. The third-order valence-electron chi connectivity index (χ3n) is 2.29. The molecule has 19 heavy (non-hydrogen) atoms. The highest BCUT2D eigenvalue weighted by atomic mass is 19.4. The molecule has 0 bridgehead atoms. The monoisotopic (exact) mass is 264 g/mol. The number of anilines is 1. The number of nitrogens with two attached hydrogens (primary N) is 1. The molecule has 0 spiro atoms. The Morgan fingerprint density at radius 1 is 1.16 bits per heavy atom. The molecule has 0 aliphatic rings. The lowest BCUT2D eigenvalue weighted by atomic mass is 10.1. The molecule has 7 heteroatoms. The first-order valence-electron chi connectivity index (χ1n) is 5.12. The number of hydrogen-bond donors (Lipinski definition) is 1. The highest BCUT2D eigenvalue weighted by Gasteiger charge is 2.35. The van der Waals surface area contributed by atoms with E-state index >= 15 is 0 Å². The molecule has 0 unspecified atom stereocenters. The topological polar surface area (TPSA) is 75.6 Å². The molecular formula is C12H7F3N4. The maximum atomic E-state index is 12.6. The Hall–Kier alpha value is -2.62. The van der Waals surface area contributed by atoms with E-state index in [2.05, 4.69) is 9.97 Å². The van der Waals surface area contributed by atoms with Gasteiger partial charge in [-0.2, -0.15) is 18.4 Å². The zero-order valence-corrected chi connectivity index (χ0v) is 9.44. The molecule has 2 N–H and O–H groups in total. The van der Waals surface area contributed by atoms with Crippen molar-refractivity contribution in [2.24, 2.45) is 0 Å². The molecule has 2 aromatic rings. The predicted octanol–water partition coefficient (Wildman–Crippen LogP) is 2.62. The van der Waals surface area contributed by atoms with Crippen LogP contribution in [0.4, 0.5) is 19.0 Å². The van der Waals surface area contributed by atoms with Gasteiger partial charge in [0.05, 0.1) is 17.3 Å². The summed E-state index contributed by atoms with van der Waals surface area (Å²) in [5, 5.41) is 8.76. The molecule has 0 atom stereocenters. The van der Waals surface area contributed by atoms with Gasteiger partial charge < -0.3 is 5.73 Å². The minimum atomic E-state index is -4.67. The van der Waals surface area contributed by atoms with Gasteiger partial charge in [-0.05, 0) is 12.1 Å². The van der Waals surface area contributed by atoms with Crippen LogP contribution in [0.5, 0.6) is 0 Å². The van der Waals surface area contributed by atoms with Gasteiger partial charge in [-0.1, -0.05) is 12.1 Å². The Balaban J connectivity index is 2.57. The number of hydrogen-bond acceptors (Lipinski definition) is 4. The molecule has 0 aliphatic heterocycles. The second kappa shape index (κ2) is 4.57. The van der Waals surface area contributed by atoms with Crippen LogP contribution in [-0.2, 0) is 6.18 Å². The van der Waals surface area contributed by atoms with Crippen LogP contribution < -0.4 is 5.73 Å². The molecule has 0 radical (unpaired) electrons. The van der Waals surface area contributed by atoms with E-state index in [1.165, 1.54) is 12.1 Å². The van der Waals surface area contributed by atoms with Gasteiger partial charge in [-0.15, -0.1) is 0 Å². The molecule has 0 saturated heterocycles. The van der Waals surface area contributed by atoms with E-state index < -0.39 is 12.0 Å². The number of nitrogens with zero attached hydrogens (tertiary/aromatic N) is 3. The van der Waals surface area contributed by atoms with Crippen molar-refractivity contribution in [2.45, 2.75) is 6.18 Å². The van der Waals surface area contributed by atoms with Crippen molar-refractivity contribution < 1.29 is 13.2 Å². The molecule has 2 rings (SSSR count). The van der Waals surface area contributed by atoms with Crippen LogP contribution in [0.15, 0.2) is 30.3 Å².